The maximum absolute atomic E-state index is 5.60. The first-order chi connectivity index (χ1) is 4.93. The van der Waals surface area contributed by atoms with Crippen LogP contribution >= 0.6 is 26.1 Å². The fourth-order valence-corrected chi connectivity index (χ4v) is 1.37. The van der Waals surface area contributed by atoms with Gasteiger partial charge in [-0.25, -0.2) is 0 Å². The third-order valence-corrected chi connectivity index (χ3v) is 2.15. The van der Waals surface area contributed by atoms with Crippen molar-refractivity contribution in [3.05, 3.63) is 40.1 Å². The Labute approximate surface area is 90.9 Å². The lowest BCUT2D eigenvalue weighted by molar-refractivity contribution is 1.66. The zero-order valence-corrected chi connectivity index (χ0v) is 9.92. The van der Waals surface area contributed by atoms with Crippen molar-refractivity contribution in [2.45, 2.75) is 0 Å². The Morgan fingerprint density at radius 1 is 1.18 bits per heavy atom. The molecule has 0 N–H and O–H groups in total. The van der Waals surface area contributed by atoms with Crippen molar-refractivity contribution in [2.75, 3.05) is 0 Å². The van der Waals surface area contributed by atoms with Crippen molar-refractivity contribution in [2.24, 2.45) is 0 Å². The van der Waals surface area contributed by atoms with E-state index in [2.05, 4.69) is 22.4 Å². The Bertz CT molecular complexity index is 211. The Morgan fingerprint density at radius 3 is 2.36 bits per heavy atom. The van der Waals surface area contributed by atoms with Crippen LogP contribution in [-0.2, 0) is 0 Å². The molecular weight excluding hydrogens is 236 g/mol. The predicted molar refractivity (Wildman–Crippen MR) is 57.4 cm³/mol. The Morgan fingerprint density at radius 2 is 1.82 bits per heavy atom. The number of hydrogen-bond acceptors (Lipinski definition) is 0. The topological polar surface area (TPSA) is 0 Å². The third kappa shape index (κ3) is 4.85. The van der Waals surface area contributed by atoms with Crippen LogP contribution in [0, 0.1) is 0 Å². The molecule has 0 saturated carbocycles. The van der Waals surface area contributed by atoms with E-state index in [0.29, 0.717) is 0 Å². The smallest absolute Gasteiger partial charge is 0.336 e. The van der Waals surface area contributed by atoms with Gasteiger partial charge in [-0.05, 0) is 5.56 Å². The van der Waals surface area contributed by atoms with Gasteiger partial charge < -0.3 is 9.07 Å². The average molecular weight is 244 g/mol. The van der Waals surface area contributed by atoms with Crippen LogP contribution in [0.15, 0.2) is 34.5 Å². The Hall–Kier alpha value is 0.496. The van der Waals surface area contributed by atoms with E-state index in [-0.39, 0.29) is 17.0 Å². The maximum Gasteiger partial charge on any atom is 0.531 e. The van der Waals surface area contributed by atoms with Crippen molar-refractivity contribution in [3.63, 3.8) is 0 Å². The zero-order valence-electron chi connectivity index (χ0n) is 6.03. The highest BCUT2D eigenvalue weighted by molar-refractivity contribution is 8.93. The van der Waals surface area contributed by atoms with E-state index < -0.39 is 19.3 Å². The molecule has 56 valence electrons. The van der Waals surface area contributed by atoms with Crippen molar-refractivity contribution in [3.8, 4) is 0 Å². The summed E-state index contributed by atoms with van der Waals surface area (Å²) in [4.78, 5) is 0. The summed E-state index contributed by atoms with van der Waals surface area (Å²) in [5, 5.41) is 0. The standard InChI is InChI=1S/C8H7.BrH.ClH.Mg/c1-2-8-6-4-3-5-7-8;;;/h1-7H;2*1H;/q;;;+1/p-1. The van der Waals surface area contributed by atoms with Gasteiger partial charge in [0.15, 0.2) is 0 Å². The van der Waals surface area contributed by atoms with E-state index in [0.717, 1.165) is 0 Å². The van der Waals surface area contributed by atoms with E-state index >= 15 is 0 Å². The van der Waals surface area contributed by atoms with Crippen LogP contribution in [0.5, 0.6) is 0 Å². The van der Waals surface area contributed by atoms with Gasteiger partial charge in [0.05, 0.1) is 0 Å². The molecule has 0 aliphatic carbocycles. The molecule has 0 nitrogen and oxygen atoms in total. The van der Waals surface area contributed by atoms with Crippen LogP contribution in [0.2, 0.25) is 0 Å². The summed E-state index contributed by atoms with van der Waals surface area (Å²) in [7, 11) is 5.60. The molecule has 3 heteroatoms. The van der Waals surface area contributed by atoms with E-state index in [4.69, 9.17) is 9.07 Å². The molecule has 1 aromatic rings. The summed E-state index contributed by atoms with van der Waals surface area (Å²) in [5.74, 6) is 0. The fourth-order valence-electron chi connectivity index (χ4n) is 0.745. The van der Waals surface area contributed by atoms with Gasteiger partial charge in [-0.15, -0.1) is 17.0 Å². The average Bonchev–Trinajstić information content (AvgIpc) is 2.03. The summed E-state index contributed by atoms with van der Waals surface area (Å²) >= 11 is -0.438. The second kappa shape index (κ2) is 7.16. The molecule has 0 aliphatic rings. The number of rotatable bonds is 2. The molecular formula is C8H8BrClMg. The van der Waals surface area contributed by atoms with Gasteiger partial charge in [0.1, 0.15) is 0 Å². The molecule has 0 bridgehead atoms. The molecule has 11 heavy (non-hydrogen) atoms. The lowest BCUT2D eigenvalue weighted by atomic mass is 10.2. The van der Waals surface area contributed by atoms with Crippen molar-refractivity contribution in [1.82, 2.24) is 0 Å². The molecule has 0 heterocycles. The molecule has 1 aromatic carbocycles. The highest BCUT2D eigenvalue weighted by Gasteiger charge is 1.82. The quantitative estimate of drug-likeness (QED) is 0.701. The number of halogens is 2. The first kappa shape index (κ1) is 11.5. The molecule has 0 fully saturated rings. The van der Waals surface area contributed by atoms with Crippen molar-refractivity contribution >= 4 is 51.4 Å². The maximum atomic E-state index is 5.60. The fraction of sp³-hybridized carbons (Fsp3) is 0. The molecule has 1 rings (SSSR count). The Kier molecular flexibility index (Phi) is 7.48. The Balaban J connectivity index is 0.000001000. The normalized spacial score (nSPS) is 8.82. The van der Waals surface area contributed by atoms with Crippen LogP contribution < -0.4 is 0 Å². The summed E-state index contributed by atoms with van der Waals surface area (Å²) in [6, 6.07) is 10.2. The van der Waals surface area contributed by atoms with E-state index in [1.807, 2.05) is 18.2 Å². The third-order valence-electron chi connectivity index (χ3n) is 1.20. The van der Waals surface area contributed by atoms with Gasteiger partial charge >= 0.3 is 19.3 Å². The summed E-state index contributed by atoms with van der Waals surface area (Å²) in [5.41, 5.74) is 1.23. The highest BCUT2D eigenvalue weighted by Crippen LogP contribution is 1.99. The molecule has 0 amide bonds. The van der Waals surface area contributed by atoms with Crippen LogP contribution in [-0.4, -0.2) is 19.3 Å². The lowest BCUT2D eigenvalue weighted by Crippen LogP contribution is -1.70. The first-order valence-corrected chi connectivity index (χ1v) is 6.16. The van der Waals surface area contributed by atoms with Gasteiger partial charge in [-0.3, -0.25) is 0 Å². The second-order valence-electron chi connectivity index (χ2n) is 1.97. The molecule has 0 spiro atoms. The molecule has 0 radical (unpaired) electrons. The minimum atomic E-state index is -0.438. The van der Waals surface area contributed by atoms with Crippen molar-refractivity contribution in [1.29, 1.82) is 0 Å². The predicted octanol–water partition coefficient (Wildman–Crippen LogP) is 3.09. The van der Waals surface area contributed by atoms with E-state index in [9.17, 15) is 0 Å². The van der Waals surface area contributed by atoms with Crippen LogP contribution in [0.3, 0.4) is 0 Å². The van der Waals surface area contributed by atoms with Gasteiger partial charge in [-0.1, -0.05) is 36.4 Å². The van der Waals surface area contributed by atoms with Crippen LogP contribution in [0.4, 0.5) is 0 Å². The number of hydrogen-bond donors (Lipinski definition) is 0. The lowest BCUT2D eigenvalue weighted by Gasteiger charge is -1.88. The van der Waals surface area contributed by atoms with Gasteiger partial charge in [0.2, 0.25) is 0 Å². The van der Waals surface area contributed by atoms with Crippen LogP contribution in [0.1, 0.15) is 5.56 Å². The largest absolute Gasteiger partial charge is 0.531 e. The first-order valence-electron chi connectivity index (χ1n) is 3.21. The molecule has 0 aromatic heterocycles. The van der Waals surface area contributed by atoms with Gasteiger partial charge in [0.25, 0.3) is 0 Å². The molecule has 0 unspecified atom stereocenters. The highest BCUT2D eigenvalue weighted by atomic mass is 79.9. The van der Waals surface area contributed by atoms with Gasteiger partial charge in [0, 0.05) is 0 Å². The summed E-state index contributed by atoms with van der Waals surface area (Å²) < 4.78 is 2.07. The molecule has 0 aliphatic heterocycles. The minimum absolute atomic E-state index is 0. The van der Waals surface area contributed by atoms with E-state index in [1.54, 1.807) is 0 Å². The molecule has 0 saturated heterocycles. The second-order valence-corrected chi connectivity index (χ2v) is 3.67. The van der Waals surface area contributed by atoms with Gasteiger partial charge in [-0.2, -0.15) is 4.21 Å². The summed E-state index contributed by atoms with van der Waals surface area (Å²) in [6.07, 6.45) is 2.07. The minimum Gasteiger partial charge on any atom is -0.336 e. The van der Waals surface area contributed by atoms with E-state index in [1.165, 1.54) is 5.56 Å². The number of benzene rings is 1. The molecule has 0 atom stereocenters. The van der Waals surface area contributed by atoms with Crippen molar-refractivity contribution < 1.29 is 0 Å². The monoisotopic (exact) mass is 242 g/mol. The zero-order chi connectivity index (χ0) is 7.23. The van der Waals surface area contributed by atoms with Crippen LogP contribution in [0.25, 0.3) is 6.08 Å². The summed E-state index contributed by atoms with van der Waals surface area (Å²) in [6.45, 7) is 0. The SMILES string of the molecule is Br.[Cl][Mg][CH]=Cc1ccccc1.